The molecule has 0 saturated carbocycles. The molecule has 1 heterocycles. The monoisotopic (exact) mass is 322 g/mol. The fourth-order valence-corrected chi connectivity index (χ4v) is 2.35. The zero-order valence-electron chi connectivity index (χ0n) is 13.0. The number of carbonyl (C=O) groups excluding carboxylic acids is 1. The average molecular weight is 322 g/mol. The van der Waals surface area contributed by atoms with E-state index in [0.29, 0.717) is 10.8 Å². The van der Waals surface area contributed by atoms with E-state index in [2.05, 4.69) is 20.5 Å². The number of hydrogen-bond acceptors (Lipinski definition) is 4. The molecule has 0 bridgehead atoms. The molecule has 1 amide bonds. The minimum absolute atomic E-state index is 0.120. The van der Waals surface area contributed by atoms with E-state index in [4.69, 9.17) is 0 Å². The van der Waals surface area contributed by atoms with E-state index in [-0.39, 0.29) is 22.4 Å². The van der Waals surface area contributed by atoms with Gasteiger partial charge >= 0.3 is 0 Å². The summed E-state index contributed by atoms with van der Waals surface area (Å²) in [5, 5.41) is 9.91. The Morgan fingerprint density at radius 3 is 2.50 bits per heavy atom. The fourth-order valence-electron chi connectivity index (χ4n) is 1.62. The van der Waals surface area contributed by atoms with Crippen LogP contribution in [0.4, 0.5) is 10.1 Å². The second kappa shape index (κ2) is 6.48. The lowest BCUT2D eigenvalue weighted by molar-refractivity contribution is -0.115. The third kappa shape index (κ3) is 4.30. The van der Waals surface area contributed by atoms with Crippen LogP contribution in [0.15, 0.2) is 29.4 Å². The van der Waals surface area contributed by atoms with Gasteiger partial charge in [0.05, 0.1) is 5.25 Å². The summed E-state index contributed by atoms with van der Waals surface area (Å²) in [5.74, 6) is 0.260. The molecule has 2 rings (SSSR count). The molecular weight excluding hydrogens is 303 g/mol. The molecule has 0 saturated heterocycles. The minimum atomic E-state index is -0.367. The zero-order valence-corrected chi connectivity index (χ0v) is 13.8. The van der Waals surface area contributed by atoms with Crippen LogP contribution in [0.5, 0.6) is 0 Å². The van der Waals surface area contributed by atoms with Gasteiger partial charge in [0, 0.05) is 11.1 Å². The van der Waals surface area contributed by atoms with E-state index in [9.17, 15) is 9.18 Å². The predicted molar refractivity (Wildman–Crippen MR) is 85.4 cm³/mol. The Hall–Kier alpha value is -1.89. The van der Waals surface area contributed by atoms with Gasteiger partial charge in [0.2, 0.25) is 11.1 Å². The molecule has 1 atom stereocenters. The third-order valence-electron chi connectivity index (χ3n) is 2.94. The van der Waals surface area contributed by atoms with E-state index >= 15 is 0 Å². The SMILES string of the molecule is CC(Sc1n[nH]c(C(C)(C)C)n1)C(=O)Nc1ccc(F)cc1. The number of anilines is 1. The lowest BCUT2D eigenvalue weighted by Crippen LogP contribution is -2.22. The minimum Gasteiger partial charge on any atom is -0.325 e. The van der Waals surface area contributed by atoms with Crippen LogP contribution < -0.4 is 5.32 Å². The van der Waals surface area contributed by atoms with Gasteiger partial charge in [-0.1, -0.05) is 32.5 Å². The van der Waals surface area contributed by atoms with Crippen molar-refractivity contribution < 1.29 is 9.18 Å². The Kier molecular flexibility index (Phi) is 4.85. The van der Waals surface area contributed by atoms with Crippen molar-refractivity contribution in [3.8, 4) is 0 Å². The molecule has 2 aromatic rings. The molecule has 5 nitrogen and oxygen atoms in total. The summed E-state index contributed by atoms with van der Waals surface area (Å²) in [7, 11) is 0. The van der Waals surface area contributed by atoms with Gasteiger partial charge in [-0.05, 0) is 31.2 Å². The number of amides is 1. The summed E-state index contributed by atoms with van der Waals surface area (Å²) in [5.41, 5.74) is 0.440. The molecule has 1 aromatic heterocycles. The number of aromatic amines is 1. The van der Waals surface area contributed by atoms with Crippen molar-refractivity contribution >= 4 is 23.4 Å². The number of nitrogens with zero attached hydrogens (tertiary/aromatic N) is 2. The maximum Gasteiger partial charge on any atom is 0.237 e. The highest BCUT2D eigenvalue weighted by Crippen LogP contribution is 2.24. The van der Waals surface area contributed by atoms with E-state index in [1.54, 1.807) is 6.92 Å². The second-order valence-electron chi connectivity index (χ2n) is 5.97. The Morgan fingerprint density at radius 2 is 1.95 bits per heavy atom. The molecule has 0 spiro atoms. The summed E-state index contributed by atoms with van der Waals surface area (Å²) in [6, 6.07) is 5.65. The van der Waals surface area contributed by atoms with Crippen LogP contribution in [0.25, 0.3) is 0 Å². The van der Waals surface area contributed by atoms with Gasteiger partial charge < -0.3 is 5.32 Å². The first-order valence-corrected chi connectivity index (χ1v) is 7.79. The van der Waals surface area contributed by atoms with Crippen LogP contribution in [0.2, 0.25) is 0 Å². The Morgan fingerprint density at radius 1 is 1.32 bits per heavy atom. The average Bonchev–Trinajstić information content (AvgIpc) is 2.90. The third-order valence-corrected chi connectivity index (χ3v) is 3.90. The lowest BCUT2D eigenvalue weighted by atomic mass is 9.96. The van der Waals surface area contributed by atoms with Crippen molar-refractivity contribution in [2.24, 2.45) is 0 Å². The summed E-state index contributed by atoms with van der Waals surface area (Å²) in [4.78, 5) is 16.5. The highest BCUT2D eigenvalue weighted by Gasteiger charge is 2.21. The van der Waals surface area contributed by atoms with Crippen LogP contribution in [-0.2, 0) is 10.2 Å². The van der Waals surface area contributed by atoms with Crippen molar-refractivity contribution in [3.05, 3.63) is 35.9 Å². The molecule has 0 aliphatic rings. The number of halogens is 1. The van der Waals surface area contributed by atoms with E-state index in [0.717, 1.165) is 5.82 Å². The molecule has 1 aromatic carbocycles. The fraction of sp³-hybridized carbons (Fsp3) is 0.400. The molecule has 1 unspecified atom stereocenters. The quantitative estimate of drug-likeness (QED) is 0.847. The van der Waals surface area contributed by atoms with Crippen LogP contribution in [0.1, 0.15) is 33.5 Å². The topological polar surface area (TPSA) is 70.7 Å². The number of H-pyrrole nitrogens is 1. The summed E-state index contributed by atoms with van der Waals surface area (Å²) in [6.45, 7) is 7.88. The summed E-state index contributed by atoms with van der Waals surface area (Å²) >= 11 is 1.27. The van der Waals surface area contributed by atoms with Gasteiger partial charge in [0.1, 0.15) is 11.6 Å². The highest BCUT2D eigenvalue weighted by atomic mass is 32.2. The molecule has 118 valence electrons. The van der Waals surface area contributed by atoms with Crippen molar-refractivity contribution in [2.75, 3.05) is 5.32 Å². The van der Waals surface area contributed by atoms with Crippen LogP contribution in [-0.4, -0.2) is 26.3 Å². The zero-order chi connectivity index (χ0) is 16.3. The number of benzene rings is 1. The molecule has 0 aliphatic heterocycles. The number of aromatic nitrogens is 3. The van der Waals surface area contributed by atoms with Crippen molar-refractivity contribution in [3.63, 3.8) is 0 Å². The Balaban J connectivity index is 1.96. The van der Waals surface area contributed by atoms with Crippen molar-refractivity contribution in [2.45, 2.75) is 43.5 Å². The first kappa shape index (κ1) is 16.5. The first-order chi connectivity index (χ1) is 10.3. The molecule has 0 radical (unpaired) electrons. The van der Waals surface area contributed by atoms with Gasteiger partial charge in [0.25, 0.3) is 0 Å². The van der Waals surface area contributed by atoms with Gasteiger partial charge in [0.15, 0.2) is 0 Å². The van der Waals surface area contributed by atoms with Gasteiger partial charge in [-0.3, -0.25) is 9.89 Å². The number of thioether (sulfide) groups is 1. The van der Waals surface area contributed by atoms with E-state index in [1.807, 2.05) is 20.8 Å². The number of rotatable bonds is 4. The largest absolute Gasteiger partial charge is 0.325 e. The second-order valence-corrected chi connectivity index (χ2v) is 7.28. The lowest BCUT2D eigenvalue weighted by Gasteiger charge is -2.13. The smallest absolute Gasteiger partial charge is 0.237 e. The van der Waals surface area contributed by atoms with E-state index in [1.165, 1.54) is 36.0 Å². The number of nitrogens with one attached hydrogen (secondary N) is 2. The summed E-state index contributed by atoms with van der Waals surface area (Å²) < 4.78 is 12.8. The Bertz CT molecular complexity index is 648. The maximum absolute atomic E-state index is 12.8. The van der Waals surface area contributed by atoms with Crippen LogP contribution in [0, 0.1) is 5.82 Å². The standard InChI is InChI=1S/C15H19FN4OS/c1-9(12(21)17-11-7-5-10(16)6-8-11)22-14-18-13(19-20-14)15(2,3)4/h5-9H,1-4H3,(H,17,21)(H,18,19,20). The molecule has 0 aliphatic carbocycles. The molecule has 7 heteroatoms. The number of hydrogen-bond donors (Lipinski definition) is 2. The first-order valence-electron chi connectivity index (χ1n) is 6.91. The maximum atomic E-state index is 12.8. The molecule has 22 heavy (non-hydrogen) atoms. The molecule has 0 fully saturated rings. The number of carbonyl (C=O) groups is 1. The normalized spacial score (nSPS) is 13.0. The molecular formula is C15H19FN4OS. The predicted octanol–water partition coefficient (Wildman–Crippen LogP) is 3.36. The van der Waals surface area contributed by atoms with Gasteiger partial charge in [-0.15, -0.1) is 5.10 Å². The Labute approximate surface area is 133 Å². The summed E-state index contributed by atoms with van der Waals surface area (Å²) in [6.07, 6.45) is 0. The van der Waals surface area contributed by atoms with Crippen molar-refractivity contribution in [1.29, 1.82) is 0 Å². The van der Waals surface area contributed by atoms with Crippen molar-refractivity contribution in [1.82, 2.24) is 15.2 Å². The van der Waals surface area contributed by atoms with Gasteiger partial charge in [-0.25, -0.2) is 9.37 Å². The highest BCUT2D eigenvalue weighted by molar-refractivity contribution is 8.00. The van der Waals surface area contributed by atoms with E-state index < -0.39 is 0 Å². The molecule has 2 N–H and O–H groups in total. The van der Waals surface area contributed by atoms with Gasteiger partial charge in [-0.2, -0.15) is 0 Å². The van der Waals surface area contributed by atoms with Crippen LogP contribution >= 0.6 is 11.8 Å². The van der Waals surface area contributed by atoms with Crippen LogP contribution in [0.3, 0.4) is 0 Å².